The predicted molar refractivity (Wildman–Crippen MR) is 76.4 cm³/mol. The first-order valence-electron chi connectivity index (χ1n) is 5.77. The van der Waals surface area contributed by atoms with Gasteiger partial charge in [-0.15, -0.1) is 11.8 Å². The second-order valence-corrected chi connectivity index (χ2v) is 4.79. The summed E-state index contributed by atoms with van der Waals surface area (Å²) in [6, 6.07) is 17.2. The maximum absolute atomic E-state index is 5.60. The van der Waals surface area contributed by atoms with Crippen molar-refractivity contribution in [2.24, 2.45) is 5.73 Å². The van der Waals surface area contributed by atoms with Crippen LogP contribution in [0.4, 0.5) is 0 Å². The lowest BCUT2D eigenvalue weighted by molar-refractivity contribution is 0.969. The molecule has 2 aromatic rings. The van der Waals surface area contributed by atoms with Gasteiger partial charge in [-0.2, -0.15) is 0 Å². The van der Waals surface area contributed by atoms with Crippen molar-refractivity contribution in [3.63, 3.8) is 0 Å². The highest BCUT2D eigenvalue weighted by molar-refractivity contribution is 7.98. The van der Waals surface area contributed by atoms with Crippen molar-refractivity contribution < 1.29 is 0 Å². The minimum atomic E-state index is 0.702. The van der Waals surface area contributed by atoms with Crippen LogP contribution < -0.4 is 5.73 Å². The zero-order chi connectivity index (χ0) is 12.1. The summed E-state index contributed by atoms with van der Waals surface area (Å²) in [5, 5.41) is 0. The zero-order valence-electron chi connectivity index (χ0n) is 10.0. The summed E-state index contributed by atoms with van der Waals surface area (Å²) in [7, 11) is 0. The standard InChI is InChI=1S/C15H17NS/c1-17-15-8-3-2-7-14(15)13-6-4-5-12(11-13)9-10-16/h2-8,11H,9-10,16H2,1H3. The molecule has 0 heterocycles. The Morgan fingerprint density at radius 2 is 1.88 bits per heavy atom. The smallest absolute Gasteiger partial charge is 0.0148 e. The molecular formula is C15H17NS. The molecule has 1 nitrogen and oxygen atoms in total. The van der Waals surface area contributed by atoms with E-state index in [-0.39, 0.29) is 0 Å². The lowest BCUT2D eigenvalue weighted by Crippen LogP contribution is -2.02. The fraction of sp³-hybridized carbons (Fsp3) is 0.200. The monoisotopic (exact) mass is 243 g/mol. The molecule has 0 atom stereocenters. The van der Waals surface area contributed by atoms with Crippen molar-refractivity contribution in [1.82, 2.24) is 0 Å². The summed E-state index contributed by atoms with van der Waals surface area (Å²) < 4.78 is 0. The lowest BCUT2D eigenvalue weighted by atomic mass is 10.0. The van der Waals surface area contributed by atoms with Crippen LogP contribution in [0, 0.1) is 0 Å². The Hall–Kier alpha value is -1.25. The molecule has 0 spiro atoms. The molecule has 0 bridgehead atoms. The maximum atomic E-state index is 5.60. The Labute approximate surface area is 107 Å². The Morgan fingerprint density at radius 3 is 2.65 bits per heavy atom. The van der Waals surface area contributed by atoms with Crippen LogP contribution in [0.1, 0.15) is 5.56 Å². The van der Waals surface area contributed by atoms with Gasteiger partial charge in [0.15, 0.2) is 0 Å². The van der Waals surface area contributed by atoms with E-state index in [4.69, 9.17) is 5.73 Å². The first-order chi connectivity index (χ1) is 8.35. The van der Waals surface area contributed by atoms with Crippen molar-refractivity contribution in [1.29, 1.82) is 0 Å². The number of rotatable bonds is 4. The molecule has 0 amide bonds. The third-order valence-electron chi connectivity index (χ3n) is 2.78. The molecule has 0 fully saturated rings. The summed E-state index contributed by atoms with van der Waals surface area (Å²) >= 11 is 1.78. The molecular weight excluding hydrogens is 226 g/mol. The van der Waals surface area contributed by atoms with Crippen LogP contribution in [0.15, 0.2) is 53.4 Å². The topological polar surface area (TPSA) is 26.0 Å². The molecule has 2 N–H and O–H groups in total. The van der Waals surface area contributed by atoms with E-state index < -0.39 is 0 Å². The van der Waals surface area contributed by atoms with Gasteiger partial charge < -0.3 is 5.73 Å². The van der Waals surface area contributed by atoms with E-state index in [1.54, 1.807) is 11.8 Å². The van der Waals surface area contributed by atoms with Crippen molar-refractivity contribution in [3.05, 3.63) is 54.1 Å². The summed E-state index contributed by atoms with van der Waals surface area (Å²) in [5.41, 5.74) is 9.49. The first kappa shape index (κ1) is 12.2. The molecule has 2 rings (SSSR count). The lowest BCUT2D eigenvalue weighted by Gasteiger charge is -2.08. The normalized spacial score (nSPS) is 10.5. The number of benzene rings is 2. The van der Waals surface area contributed by atoms with Gasteiger partial charge in [-0.1, -0.05) is 42.5 Å². The molecule has 2 heteroatoms. The Kier molecular flexibility index (Phi) is 4.24. The molecule has 0 aliphatic carbocycles. The number of hydrogen-bond acceptors (Lipinski definition) is 2. The van der Waals surface area contributed by atoms with Crippen molar-refractivity contribution >= 4 is 11.8 Å². The highest BCUT2D eigenvalue weighted by Gasteiger charge is 2.03. The number of hydrogen-bond donors (Lipinski definition) is 1. The summed E-state index contributed by atoms with van der Waals surface area (Å²) in [6.07, 6.45) is 3.05. The van der Waals surface area contributed by atoms with E-state index in [1.807, 2.05) is 0 Å². The fourth-order valence-corrected chi connectivity index (χ4v) is 2.56. The van der Waals surface area contributed by atoms with Gasteiger partial charge in [0, 0.05) is 4.90 Å². The van der Waals surface area contributed by atoms with E-state index in [0.717, 1.165) is 6.42 Å². The van der Waals surface area contributed by atoms with Gasteiger partial charge in [0.05, 0.1) is 0 Å². The van der Waals surface area contributed by atoms with Gasteiger partial charge in [-0.25, -0.2) is 0 Å². The van der Waals surface area contributed by atoms with Gasteiger partial charge in [-0.3, -0.25) is 0 Å². The van der Waals surface area contributed by atoms with Crippen LogP contribution in [0.5, 0.6) is 0 Å². The van der Waals surface area contributed by atoms with Crippen molar-refractivity contribution in [2.75, 3.05) is 12.8 Å². The van der Waals surface area contributed by atoms with Crippen molar-refractivity contribution in [2.45, 2.75) is 11.3 Å². The highest BCUT2D eigenvalue weighted by atomic mass is 32.2. The second-order valence-electron chi connectivity index (χ2n) is 3.94. The molecule has 88 valence electrons. The third kappa shape index (κ3) is 2.90. The highest BCUT2D eigenvalue weighted by Crippen LogP contribution is 2.30. The number of thioether (sulfide) groups is 1. The van der Waals surface area contributed by atoms with Crippen LogP contribution in [0.3, 0.4) is 0 Å². The maximum Gasteiger partial charge on any atom is 0.0148 e. The Morgan fingerprint density at radius 1 is 1.06 bits per heavy atom. The molecule has 0 saturated carbocycles. The average Bonchev–Trinajstić information content (AvgIpc) is 2.39. The van der Waals surface area contributed by atoms with Crippen LogP contribution in [-0.4, -0.2) is 12.8 Å². The quantitative estimate of drug-likeness (QED) is 0.831. The number of nitrogens with two attached hydrogens (primary N) is 1. The van der Waals surface area contributed by atoms with Gasteiger partial charge in [0.1, 0.15) is 0 Å². The largest absolute Gasteiger partial charge is 0.330 e. The van der Waals surface area contributed by atoms with Crippen LogP contribution in [-0.2, 0) is 6.42 Å². The van der Waals surface area contributed by atoms with Gasteiger partial charge in [0.2, 0.25) is 0 Å². The summed E-state index contributed by atoms with van der Waals surface area (Å²) in [4.78, 5) is 1.32. The predicted octanol–water partition coefficient (Wildman–Crippen LogP) is 3.58. The Bertz CT molecular complexity index is 494. The third-order valence-corrected chi connectivity index (χ3v) is 3.57. The molecule has 17 heavy (non-hydrogen) atoms. The van der Waals surface area contributed by atoms with E-state index in [9.17, 15) is 0 Å². The van der Waals surface area contributed by atoms with E-state index in [0.29, 0.717) is 6.54 Å². The van der Waals surface area contributed by atoms with Crippen LogP contribution in [0.25, 0.3) is 11.1 Å². The van der Waals surface area contributed by atoms with E-state index in [2.05, 4.69) is 54.8 Å². The van der Waals surface area contributed by atoms with E-state index in [1.165, 1.54) is 21.6 Å². The summed E-state index contributed by atoms with van der Waals surface area (Å²) in [5.74, 6) is 0. The SMILES string of the molecule is CSc1ccccc1-c1cccc(CCN)c1. The molecule has 0 aliphatic heterocycles. The van der Waals surface area contributed by atoms with Gasteiger partial charge in [-0.05, 0) is 42.0 Å². The minimum Gasteiger partial charge on any atom is -0.330 e. The molecule has 0 aromatic heterocycles. The molecule has 0 unspecified atom stereocenters. The van der Waals surface area contributed by atoms with E-state index >= 15 is 0 Å². The Balaban J connectivity index is 2.41. The average molecular weight is 243 g/mol. The molecule has 2 aromatic carbocycles. The first-order valence-corrected chi connectivity index (χ1v) is 7.00. The van der Waals surface area contributed by atoms with Crippen LogP contribution in [0.2, 0.25) is 0 Å². The minimum absolute atomic E-state index is 0.702. The summed E-state index contributed by atoms with van der Waals surface area (Å²) in [6.45, 7) is 0.702. The molecule has 0 radical (unpaired) electrons. The molecule has 0 saturated heterocycles. The van der Waals surface area contributed by atoms with Crippen molar-refractivity contribution in [3.8, 4) is 11.1 Å². The van der Waals surface area contributed by atoms with Gasteiger partial charge >= 0.3 is 0 Å². The van der Waals surface area contributed by atoms with Gasteiger partial charge in [0.25, 0.3) is 0 Å². The van der Waals surface area contributed by atoms with Crippen LogP contribution >= 0.6 is 11.8 Å². The fourth-order valence-electron chi connectivity index (χ4n) is 1.94. The molecule has 0 aliphatic rings. The zero-order valence-corrected chi connectivity index (χ0v) is 10.8. The second kappa shape index (κ2) is 5.89.